The maximum atomic E-state index is 13.5. The van der Waals surface area contributed by atoms with Crippen LogP contribution in [0.3, 0.4) is 0 Å². The molecule has 1 unspecified atom stereocenters. The summed E-state index contributed by atoms with van der Waals surface area (Å²) < 4.78 is 1.92. The summed E-state index contributed by atoms with van der Waals surface area (Å²) in [6.45, 7) is 3.66. The molecule has 0 amide bonds. The maximum Gasteiger partial charge on any atom is 0.262 e. The molecule has 0 saturated carbocycles. The largest absolute Gasteiger partial charge is 0.302 e. The smallest absolute Gasteiger partial charge is 0.262 e. The molecule has 5 heteroatoms. The quantitative estimate of drug-likeness (QED) is 0.673. The van der Waals surface area contributed by atoms with Gasteiger partial charge in [-0.3, -0.25) is 9.36 Å². The van der Waals surface area contributed by atoms with Crippen LogP contribution in [0.25, 0.3) is 10.2 Å². The van der Waals surface area contributed by atoms with E-state index in [9.17, 15) is 4.79 Å². The zero-order chi connectivity index (χ0) is 19.0. The molecule has 0 bridgehead atoms. The second kappa shape index (κ2) is 7.56. The van der Waals surface area contributed by atoms with Gasteiger partial charge in [0, 0.05) is 11.4 Å². The van der Waals surface area contributed by atoms with Gasteiger partial charge in [0.05, 0.1) is 11.9 Å². The topological polar surface area (TPSA) is 38.1 Å². The third-order valence-electron chi connectivity index (χ3n) is 5.42. The minimum Gasteiger partial charge on any atom is -0.302 e. The third kappa shape index (κ3) is 3.71. The van der Waals surface area contributed by atoms with Crippen molar-refractivity contribution in [1.29, 1.82) is 0 Å². The summed E-state index contributed by atoms with van der Waals surface area (Å²) >= 11 is 1.74. The van der Waals surface area contributed by atoms with E-state index in [1.54, 1.807) is 11.3 Å². The van der Waals surface area contributed by atoms with E-state index >= 15 is 0 Å². The van der Waals surface area contributed by atoms with Crippen molar-refractivity contribution in [2.75, 3.05) is 14.1 Å². The van der Waals surface area contributed by atoms with Crippen LogP contribution in [0.5, 0.6) is 0 Å². The lowest BCUT2D eigenvalue weighted by molar-refractivity contribution is 0.376. The zero-order valence-electron chi connectivity index (χ0n) is 16.4. The lowest BCUT2D eigenvalue weighted by Crippen LogP contribution is -2.29. The van der Waals surface area contributed by atoms with Crippen LogP contribution in [0.1, 0.15) is 35.2 Å². The van der Waals surface area contributed by atoms with Gasteiger partial charge >= 0.3 is 0 Å². The standard InChI is InChI=1S/C22H27N3OS/c1-15-9-10-17-18(13-15)27-21-20(17)22(26)25(19(23-21)14-24(2)3)12-11-16-7-5-4-6-8-16/h4-8,15H,9-14H2,1-3H3. The number of hydrogen-bond donors (Lipinski definition) is 0. The molecular formula is C22H27N3OS. The minimum atomic E-state index is 0.153. The number of thiophene rings is 1. The van der Waals surface area contributed by atoms with E-state index in [2.05, 4.69) is 36.1 Å². The molecule has 27 heavy (non-hydrogen) atoms. The Labute approximate surface area is 164 Å². The van der Waals surface area contributed by atoms with E-state index in [-0.39, 0.29) is 5.56 Å². The van der Waals surface area contributed by atoms with Crippen LogP contribution in [-0.4, -0.2) is 28.5 Å². The molecule has 2 aromatic heterocycles. The summed E-state index contributed by atoms with van der Waals surface area (Å²) in [7, 11) is 4.05. The first kappa shape index (κ1) is 18.4. The highest BCUT2D eigenvalue weighted by molar-refractivity contribution is 7.18. The van der Waals surface area contributed by atoms with Gasteiger partial charge in [-0.25, -0.2) is 4.98 Å². The van der Waals surface area contributed by atoms with E-state index in [1.165, 1.54) is 22.4 Å². The fraction of sp³-hybridized carbons (Fsp3) is 0.455. The Morgan fingerprint density at radius 2 is 2.04 bits per heavy atom. The molecule has 0 fully saturated rings. The highest BCUT2D eigenvalue weighted by atomic mass is 32.1. The van der Waals surface area contributed by atoms with Crippen LogP contribution in [0.4, 0.5) is 0 Å². The molecule has 0 saturated heterocycles. The summed E-state index contributed by atoms with van der Waals surface area (Å²) in [5.41, 5.74) is 2.68. The molecular weight excluding hydrogens is 354 g/mol. The lowest BCUT2D eigenvalue weighted by Gasteiger charge is -2.18. The summed E-state index contributed by atoms with van der Waals surface area (Å²) in [6, 6.07) is 10.4. The minimum absolute atomic E-state index is 0.153. The molecule has 142 valence electrons. The average molecular weight is 382 g/mol. The maximum absolute atomic E-state index is 13.5. The summed E-state index contributed by atoms with van der Waals surface area (Å²) in [4.78, 5) is 22.8. The first-order valence-corrected chi connectivity index (χ1v) is 10.6. The predicted octanol–water partition coefficient (Wildman–Crippen LogP) is 3.89. The van der Waals surface area contributed by atoms with E-state index in [0.717, 1.165) is 35.3 Å². The van der Waals surface area contributed by atoms with Crippen LogP contribution in [0.2, 0.25) is 0 Å². The molecule has 2 heterocycles. The molecule has 1 aromatic carbocycles. The van der Waals surface area contributed by atoms with E-state index < -0.39 is 0 Å². The number of nitrogens with zero attached hydrogens (tertiary/aromatic N) is 3. The van der Waals surface area contributed by atoms with Gasteiger partial charge in [0.15, 0.2) is 0 Å². The van der Waals surface area contributed by atoms with E-state index in [1.807, 2.05) is 24.7 Å². The van der Waals surface area contributed by atoms with Crippen molar-refractivity contribution in [3.8, 4) is 0 Å². The zero-order valence-corrected chi connectivity index (χ0v) is 17.2. The summed E-state index contributed by atoms with van der Waals surface area (Å²) in [6.07, 6.45) is 4.11. The Hall–Kier alpha value is -1.98. The van der Waals surface area contributed by atoms with Crippen molar-refractivity contribution in [1.82, 2.24) is 14.5 Å². The Bertz CT molecular complexity index is 1000. The highest BCUT2D eigenvalue weighted by Crippen LogP contribution is 2.35. The Balaban J connectivity index is 1.79. The fourth-order valence-corrected chi connectivity index (χ4v) is 5.38. The molecule has 1 aliphatic rings. The van der Waals surface area contributed by atoms with Crippen LogP contribution in [0, 0.1) is 5.92 Å². The van der Waals surface area contributed by atoms with Crippen LogP contribution in [-0.2, 0) is 32.4 Å². The van der Waals surface area contributed by atoms with E-state index in [4.69, 9.17) is 4.98 Å². The first-order valence-electron chi connectivity index (χ1n) is 9.75. The second-order valence-electron chi connectivity index (χ2n) is 7.99. The van der Waals surface area contributed by atoms with Gasteiger partial charge in [0.1, 0.15) is 10.7 Å². The van der Waals surface area contributed by atoms with Crippen molar-refractivity contribution >= 4 is 21.6 Å². The molecule has 4 nitrogen and oxygen atoms in total. The molecule has 0 radical (unpaired) electrons. The molecule has 1 aliphatic carbocycles. The number of aryl methyl sites for hydroxylation is 2. The Kier molecular flexibility index (Phi) is 5.15. The van der Waals surface area contributed by atoms with Crippen molar-refractivity contribution in [3.05, 3.63) is 62.5 Å². The Morgan fingerprint density at radius 3 is 2.78 bits per heavy atom. The number of aromatic nitrogens is 2. The van der Waals surface area contributed by atoms with Crippen LogP contribution in [0.15, 0.2) is 35.1 Å². The molecule has 3 aromatic rings. The van der Waals surface area contributed by atoms with Gasteiger partial charge < -0.3 is 4.90 Å². The van der Waals surface area contributed by atoms with Crippen LogP contribution < -0.4 is 5.56 Å². The van der Waals surface area contributed by atoms with Gasteiger partial charge in [0.2, 0.25) is 0 Å². The van der Waals surface area contributed by atoms with Gasteiger partial charge in [-0.2, -0.15) is 0 Å². The number of hydrogen-bond acceptors (Lipinski definition) is 4. The average Bonchev–Trinajstić information content (AvgIpc) is 2.99. The van der Waals surface area contributed by atoms with Crippen LogP contribution >= 0.6 is 11.3 Å². The van der Waals surface area contributed by atoms with Gasteiger partial charge in [0.25, 0.3) is 5.56 Å². The molecule has 0 aliphatic heterocycles. The SMILES string of the molecule is CC1CCc2c(sc3nc(CN(C)C)n(CCc4ccccc4)c(=O)c23)C1. The molecule has 1 atom stereocenters. The number of fused-ring (bicyclic) bond motifs is 3. The van der Waals surface area contributed by atoms with Gasteiger partial charge in [-0.05, 0) is 56.8 Å². The Morgan fingerprint density at radius 1 is 1.26 bits per heavy atom. The van der Waals surface area contributed by atoms with Gasteiger partial charge in [-0.15, -0.1) is 11.3 Å². The predicted molar refractivity (Wildman–Crippen MR) is 113 cm³/mol. The van der Waals surface area contributed by atoms with Crippen molar-refractivity contribution in [2.24, 2.45) is 5.92 Å². The molecule has 0 N–H and O–H groups in total. The van der Waals surface area contributed by atoms with Gasteiger partial charge in [-0.1, -0.05) is 37.3 Å². The van der Waals surface area contributed by atoms with Crippen molar-refractivity contribution in [2.45, 2.75) is 45.7 Å². The molecule has 0 spiro atoms. The number of rotatable bonds is 5. The first-order chi connectivity index (χ1) is 13.0. The summed E-state index contributed by atoms with van der Waals surface area (Å²) in [5, 5.41) is 0.887. The van der Waals surface area contributed by atoms with E-state index in [0.29, 0.717) is 19.0 Å². The number of benzene rings is 1. The normalized spacial score (nSPS) is 16.8. The second-order valence-corrected chi connectivity index (χ2v) is 9.07. The summed E-state index contributed by atoms with van der Waals surface area (Å²) in [5.74, 6) is 1.58. The highest BCUT2D eigenvalue weighted by Gasteiger charge is 2.24. The van der Waals surface area contributed by atoms with Crippen molar-refractivity contribution in [3.63, 3.8) is 0 Å². The third-order valence-corrected chi connectivity index (χ3v) is 6.57. The fourth-order valence-electron chi connectivity index (χ4n) is 3.99. The molecule has 4 rings (SSSR count). The van der Waals surface area contributed by atoms with Crippen molar-refractivity contribution < 1.29 is 0 Å². The lowest BCUT2D eigenvalue weighted by atomic mass is 9.89. The monoisotopic (exact) mass is 381 g/mol.